The van der Waals surface area contributed by atoms with Crippen molar-refractivity contribution in [2.45, 2.75) is 12.1 Å². The maximum Gasteiger partial charge on any atom is 0.335 e. The molecule has 2 rings (SSSR count). The van der Waals surface area contributed by atoms with Gasteiger partial charge in [0.1, 0.15) is 6.61 Å². The van der Waals surface area contributed by atoms with E-state index < -0.39 is 18.1 Å². The number of ether oxygens (including phenoxy) is 2. The molecule has 21 heavy (non-hydrogen) atoms. The van der Waals surface area contributed by atoms with Crippen molar-refractivity contribution in [3.05, 3.63) is 34.3 Å². The number of carbonyl (C=O) groups is 2. The Labute approximate surface area is 130 Å². The molecule has 1 N–H and O–H groups in total. The first-order chi connectivity index (χ1) is 10.0. The van der Waals surface area contributed by atoms with Crippen LogP contribution in [-0.4, -0.2) is 54.9 Å². The fraction of sp³-hybridized carbons (Fsp3) is 0.429. The van der Waals surface area contributed by atoms with Gasteiger partial charge in [0.15, 0.2) is 6.10 Å². The van der Waals surface area contributed by atoms with Gasteiger partial charge in [-0.25, -0.2) is 4.79 Å². The lowest BCUT2D eigenvalue weighted by atomic mass is 9.98. The van der Waals surface area contributed by atoms with Gasteiger partial charge < -0.3 is 19.5 Å². The molecule has 1 fully saturated rings. The Bertz CT molecular complexity index is 519. The average molecular weight is 358 g/mol. The third-order valence-corrected chi connectivity index (χ3v) is 3.85. The number of amides is 1. The zero-order valence-electron chi connectivity index (χ0n) is 11.5. The molecule has 0 saturated carbocycles. The van der Waals surface area contributed by atoms with Gasteiger partial charge in [-0.2, -0.15) is 0 Å². The van der Waals surface area contributed by atoms with Gasteiger partial charge in [-0.05, 0) is 17.7 Å². The summed E-state index contributed by atoms with van der Waals surface area (Å²) in [5.74, 6) is -1.32. The van der Waals surface area contributed by atoms with Crippen LogP contribution in [0.1, 0.15) is 11.6 Å². The molecule has 2 unspecified atom stereocenters. The Balaban J connectivity index is 2.35. The molecule has 1 aliphatic rings. The van der Waals surface area contributed by atoms with Crippen molar-refractivity contribution >= 4 is 27.8 Å². The lowest BCUT2D eigenvalue weighted by Gasteiger charge is -2.39. The highest BCUT2D eigenvalue weighted by molar-refractivity contribution is 9.10. The molecule has 2 atom stereocenters. The van der Waals surface area contributed by atoms with Crippen LogP contribution in [0.25, 0.3) is 0 Å². The Morgan fingerprint density at radius 3 is 2.71 bits per heavy atom. The van der Waals surface area contributed by atoms with E-state index in [1.165, 1.54) is 12.0 Å². The molecule has 1 aliphatic heterocycles. The topological polar surface area (TPSA) is 76.1 Å². The van der Waals surface area contributed by atoms with Gasteiger partial charge in [-0.15, -0.1) is 0 Å². The van der Waals surface area contributed by atoms with E-state index in [9.17, 15) is 14.7 Å². The first-order valence-electron chi connectivity index (χ1n) is 6.43. The molecule has 1 saturated heterocycles. The lowest BCUT2D eigenvalue weighted by molar-refractivity contribution is -0.173. The first kappa shape index (κ1) is 15.9. The summed E-state index contributed by atoms with van der Waals surface area (Å²) >= 11 is 3.33. The smallest absolute Gasteiger partial charge is 0.335 e. The van der Waals surface area contributed by atoms with E-state index in [1.807, 2.05) is 12.1 Å². The quantitative estimate of drug-likeness (QED) is 0.862. The van der Waals surface area contributed by atoms with Crippen molar-refractivity contribution in [2.24, 2.45) is 0 Å². The lowest BCUT2D eigenvalue weighted by Crippen LogP contribution is -2.52. The second-order valence-corrected chi connectivity index (χ2v) is 5.56. The Morgan fingerprint density at radius 2 is 2.14 bits per heavy atom. The third-order valence-electron chi connectivity index (χ3n) is 3.32. The fourth-order valence-corrected chi connectivity index (χ4v) is 2.59. The van der Waals surface area contributed by atoms with Crippen LogP contribution < -0.4 is 0 Å². The molecule has 6 nitrogen and oxygen atoms in total. The second kappa shape index (κ2) is 7.02. The van der Waals surface area contributed by atoms with Crippen molar-refractivity contribution < 1.29 is 24.2 Å². The number of carbonyl (C=O) groups excluding carboxylic acids is 1. The molecular weight excluding hydrogens is 342 g/mol. The Kier molecular flexibility index (Phi) is 5.33. The molecule has 1 amide bonds. The minimum atomic E-state index is -1.09. The molecule has 1 aromatic rings. The number of rotatable bonds is 5. The molecule has 0 bridgehead atoms. The van der Waals surface area contributed by atoms with E-state index in [4.69, 9.17) is 9.47 Å². The normalized spacial score (nSPS) is 22.4. The van der Waals surface area contributed by atoms with Crippen molar-refractivity contribution in [2.75, 3.05) is 26.9 Å². The highest BCUT2D eigenvalue weighted by atomic mass is 79.9. The summed E-state index contributed by atoms with van der Waals surface area (Å²) in [7, 11) is 1.54. The number of nitrogens with zero attached hydrogens (tertiary/aromatic N) is 1. The zero-order valence-corrected chi connectivity index (χ0v) is 13.1. The largest absolute Gasteiger partial charge is 0.479 e. The standard InChI is InChI=1S/C14H16BrNO5/c1-20-7-6-16-11(17)8-21-13(14(18)19)12(16)9-2-4-10(15)5-3-9/h2-5,12-13H,6-8H2,1H3,(H,18,19). The molecule has 0 aromatic heterocycles. The summed E-state index contributed by atoms with van der Waals surface area (Å²) in [6.07, 6.45) is -1.08. The SMILES string of the molecule is COCCN1C(=O)COC(C(=O)O)C1c1ccc(Br)cc1. The van der Waals surface area contributed by atoms with E-state index in [0.29, 0.717) is 13.2 Å². The maximum atomic E-state index is 12.1. The predicted octanol–water partition coefficient (Wildman–Crippen LogP) is 1.45. The molecule has 114 valence electrons. The van der Waals surface area contributed by atoms with Crippen molar-refractivity contribution in [1.82, 2.24) is 4.90 Å². The van der Waals surface area contributed by atoms with Gasteiger partial charge in [0.25, 0.3) is 0 Å². The monoisotopic (exact) mass is 357 g/mol. The minimum Gasteiger partial charge on any atom is -0.479 e. The van der Waals surface area contributed by atoms with Crippen LogP contribution in [-0.2, 0) is 19.1 Å². The highest BCUT2D eigenvalue weighted by Crippen LogP contribution is 2.31. The molecule has 1 heterocycles. The van der Waals surface area contributed by atoms with E-state index in [0.717, 1.165) is 10.0 Å². The summed E-state index contributed by atoms with van der Waals surface area (Å²) < 4.78 is 11.1. The summed E-state index contributed by atoms with van der Waals surface area (Å²) in [5, 5.41) is 9.35. The van der Waals surface area contributed by atoms with Crippen LogP contribution in [0.15, 0.2) is 28.7 Å². The predicted molar refractivity (Wildman–Crippen MR) is 77.8 cm³/mol. The molecule has 0 radical (unpaired) electrons. The maximum absolute atomic E-state index is 12.1. The minimum absolute atomic E-state index is 0.228. The van der Waals surface area contributed by atoms with Crippen LogP contribution in [0.2, 0.25) is 0 Å². The Morgan fingerprint density at radius 1 is 1.48 bits per heavy atom. The number of carboxylic acids is 1. The van der Waals surface area contributed by atoms with Gasteiger partial charge >= 0.3 is 5.97 Å². The van der Waals surface area contributed by atoms with Gasteiger partial charge in [-0.1, -0.05) is 28.1 Å². The van der Waals surface area contributed by atoms with Crippen molar-refractivity contribution in [3.63, 3.8) is 0 Å². The van der Waals surface area contributed by atoms with E-state index in [-0.39, 0.29) is 12.5 Å². The van der Waals surface area contributed by atoms with Crippen molar-refractivity contribution in [1.29, 1.82) is 0 Å². The second-order valence-electron chi connectivity index (χ2n) is 4.65. The molecule has 7 heteroatoms. The number of halogens is 1. The number of morpholine rings is 1. The fourth-order valence-electron chi connectivity index (χ4n) is 2.33. The van der Waals surface area contributed by atoms with Gasteiger partial charge in [-0.3, -0.25) is 4.79 Å². The number of hydrogen-bond acceptors (Lipinski definition) is 4. The third kappa shape index (κ3) is 3.61. The number of methoxy groups -OCH3 is 1. The molecular formula is C14H16BrNO5. The van der Waals surface area contributed by atoms with Crippen LogP contribution in [0.4, 0.5) is 0 Å². The van der Waals surface area contributed by atoms with Crippen molar-refractivity contribution in [3.8, 4) is 0 Å². The summed E-state index contributed by atoms with van der Waals surface area (Å²) in [4.78, 5) is 25.0. The van der Waals surface area contributed by atoms with E-state index >= 15 is 0 Å². The zero-order chi connectivity index (χ0) is 15.4. The van der Waals surface area contributed by atoms with Gasteiger partial charge in [0, 0.05) is 18.1 Å². The highest BCUT2D eigenvalue weighted by Gasteiger charge is 2.41. The summed E-state index contributed by atoms with van der Waals surface area (Å²) in [5.41, 5.74) is 0.717. The number of hydrogen-bond donors (Lipinski definition) is 1. The van der Waals surface area contributed by atoms with Gasteiger partial charge in [0.05, 0.1) is 12.6 Å². The van der Waals surface area contributed by atoms with E-state index in [2.05, 4.69) is 15.9 Å². The molecule has 0 spiro atoms. The summed E-state index contributed by atoms with van der Waals surface area (Å²) in [6.45, 7) is 0.433. The van der Waals surface area contributed by atoms with Crippen LogP contribution >= 0.6 is 15.9 Å². The van der Waals surface area contributed by atoms with Gasteiger partial charge in [0.2, 0.25) is 5.91 Å². The van der Waals surface area contributed by atoms with Crippen LogP contribution in [0.5, 0.6) is 0 Å². The molecule has 1 aromatic carbocycles. The Hall–Kier alpha value is -1.44. The van der Waals surface area contributed by atoms with Crippen LogP contribution in [0.3, 0.4) is 0 Å². The summed E-state index contributed by atoms with van der Waals surface area (Å²) in [6, 6.07) is 6.52. The molecule has 0 aliphatic carbocycles. The average Bonchev–Trinajstić information content (AvgIpc) is 2.46. The van der Waals surface area contributed by atoms with Crippen LogP contribution in [0, 0.1) is 0 Å². The first-order valence-corrected chi connectivity index (χ1v) is 7.22. The number of benzene rings is 1. The number of aliphatic carboxylic acids is 1. The number of carboxylic acid groups (broad SMARTS) is 1. The van der Waals surface area contributed by atoms with E-state index in [1.54, 1.807) is 12.1 Å².